The summed E-state index contributed by atoms with van der Waals surface area (Å²) in [5.74, 6) is 0. The second-order valence-electron chi connectivity index (χ2n) is 3.05. The van der Waals surface area contributed by atoms with Crippen LogP contribution >= 0.6 is 15.2 Å². The summed E-state index contributed by atoms with van der Waals surface area (Å²) >= 11 is 0. The van der Waals surface area contributed by atoms with Crippen molar-refractivity contribution in [2.75, 3.05) is 0 Å². The first-order chi connectivity index (χ1) is 7.08. The van der Waals surface area contributed by atoms with Crippen molar-refractivity contribution in [1.29, 1.82) is 0 Å². The first-order valence-electron chi connectivity index (χ1n) is 3.84. The van der Waals surface area contributed by atoms with Crippen LogP contribution in [0.5, 0.6) is 0 Å². The summed E-state index contributed by atoms with van der Waals surface area (Å²) in [6.07, 6.45) is 3.35. The molecule has 0 aliphatic rings. The molecule has 0 aliphatic carbocycles. The minimum Gasteiger partial charge on any atom is -0.776 e. The molecule has 11 N–H and O–H groups in total. The molecule has 0 saturated carbocycles. The third-order valence-electron chi connectivity index (χ3n) is 1.86. The maximum absolute atomic E-state index is 10.8. The molecule has 1 heterocycles. The number of nitrogens with zero attached hydrogens (tertiary/aromatic N) is 2. The van der Waals surface area contributed by atoms with Crippen molar-refractivity contribution in [3.63, 3.8) is 0 Å². The average molecular weight is 388 g/mol. The number of hydrogen-bond donors (Lipinski definition) is 3. The van der Waals surface area contributed by atoms with Crippen molar-refractivity contribution in [2.45, 2.75) is 11.6 Å². The van der Waals surface area contributed by atoms with E-state index in [0.29, 0.717) is 0 Å². The van der Waals surface area contributed by atoms with E-state index >= 15 is 0 Å². The molecule has 0 radical (unpaired) electrons. The molecular formula is C5H16N2Na2O11P2. The minimum absolute atomic E-state index is 0. The van der Waals surface area contributed by atoms with Gasteiger partial charge in [-0.3, -0.25) is 0 Å². The molecule has 17 heteroatoms. The van der Waals surface area contributed by atoms with E-state index in [0.717, 1.165) is 17.1 Å². The van der Waals surface area contributed by atoms with Crippen LogP contribution in [0.25, 0.3) is 0 Å². The third kappa shape index (κ3) is 8.97. The van der Waals surface area contributed by atoms with Crippen LogP contribution in [0.2, 0.25) is 0 Å². The van der Waals surface area contributed by atoms with Crippen molar-refractivity contribution in [3.05, 3.63) is 18.7 Å². The van der Waals surface area contributed by atoms with E-state index in [1.807, 2.05) is 0 Å². The topological polar surface area (TPSA) is 285 Å². The van der Waals surface area contributed by atoms with Crippen LogP contribution in [0.4, 0.5) is 0 Å². The molecule has 13 nitrogen and oxygen atoms in total. The smallest absolute Gasteiger partial charge is 0.776 e. The molecule has 2 atom stereocenters. The van der Waals surface area contributed by atoms with E-state index in [1.54, 1.807) is 0 Å². The Morgan fingerprint density at radius 1 is 1.05 bits per heavy atom. The molecule has 0 aromatic carbocycles. The summed E-state index contributed by atoms with van der Waals surface area (Å²) in [5, 5.41) is 5.69. The summed E-state index contributed by atoms with van der Waals surface area (Å²) in [6, 6.07) is 0. The van der Waals surface area contributed by atoms with Crippen LogP contribution in [0.15, 0.2) is 18.7 Å². The van der Waals surface area contributed by atoms with E-state index in [2.05, 4.69) is 4.98 Å². The predicted octanol–water partition coefficient (Wildman–Crippen LogP) is -11.7. The van der Waals surface area contributed by atoms with Gasteiger partial charge in [-0.25, -0.2) is 4.98 Å². The zero-order chi connectivity index (χ0) is 12.6. The summed E-state index contributed by atoms with van der Waals surface area (Å²) in [6.45, 7) is -1.08. The Bertz CT molecular complexity index is 437. The van der Waals surface area contributed by atoms with Gasteiger partial charge in [0.05, 0.1) is 12.9 Å². The molecule has 1 aromatic rings. The van der Waals surface area contributed by atoms with Gasteiger partial charge >= 0.3 is 59.1 Å². The van der Waals surface area contributed by atoms with Crippen LogP contribution in [0.3, 0.4) is 0 Å². The molecule has 0 aliphatic heterocycles. The molecule has 0 fully saturated rings. The van der Waals surface area contributed by atoms with Gasteiger partial charge in [-0.2, -0.15) is 0 Å². The van der Waals surface area contributed by atoms with E-state index in [4.69, 9.17) is 9.79 Å². The van der Waals surface area contributed by atoms with Gasteiger partial charge in [-0.1, -0.05) is 0 Å². The monoisotopic (exact) mass is 388 g/mol. The maximum atomic E-state index is 10.8. The fourth-order valence-electron chi connectivity index (χ4n) is 0.964. The van der Waals surface area contributed by atoms with Gasteiger partial charge in [-0.05, 0) is 0 Å². The summed E-state index contributed by atoms with van der Waals surface area (Å²) in [7, 11) is -11.4. The Labute approximate surface area is 168 Å². The first kappa shape index (κ1) is 38.7. The fraction of sp³-hybridized carbons (Fsp3) is 0.400. The molecule has 0 spiro atoms. The predicted molar refractivity (Wildman–Crippen MR) is 61.3 cm³/mol. The van der Waals surface area contributed by atoms with Crippen molar-refractivity contribution in [2.24, 2.45) is 0 Å². The summed E-state index contributed by atoms with van der Waals surface area (Å²) in [4.78, 5) is 42.4. The Balaban J connectivity index is -0.000000107. The van der Waals surface area contributed by atoms with E-state index in [9.17, 15) is 24.0 Å². The van der Waals surface area contributed by atoms with Gasteiger partial charge in [0.15, 0.2) is 15.2 Å². The Hall–Kier alpha value is 1.31. The van der Waals surface area contributed by atoms with Crippen molar-refractivity contribution >= 4 is 15.2 Å². The van der Waals surface area contributed by atoms with Gasteiger partial charge in [0.1, 0.15) is 0 Å². The molecule has 0 bridgehead atoms. The van der Waals surface area contributed by atoms with Crippen LogP contribution in [-0.2, 0) is 15.7 Å². The molecule has 0 amide bonds. The Kier molecular flexibility index (Phi) is 23.9. The van der Waals surface area contributed by atoms with E-state index < -0.39 is 26.8 Å². The van der Waals surface area contributed by atoms with Crippen LogP contribution in [0.1, 0.15) is 0 Å². The maximum Gasteiger partial charge on any atom is 1.00 e. The molecular weight excluding hydrogens is 372 g/mol. The average Bonchev–Trinajstić information content (AvgIpc) is 2.52. The Morgan fingerprint density at radius 3 is 1.64 bits per heavy atom. The van der Waals surface area contributed by atoms with Crippen molar-refractivity contribution in [3.8, 4) is 0 Å². The second-order valence-corrected chi connectivity index (χ2v) is 6.96. The zero-order valence-corrected chi connectivity index (χ0v) is 17.5. The first-order valence-corrected chi connectivity index (χ1v) is 6.99. The molecule has 124 valence electrons. The van der Waals surface area contributed by atoms with Gasteiger partial charge in [0.2, 0.25) is 5.08 Å². The van der Waals surface area contributed by atoms with Gasteiger partial charge in [-0.15, -0.1) is 0 Å². The van der Waals surface area contributed by atoms with Gasteiger partial charge in [0, 0.05) is 12.4 Å². The third-order valence-corrected chi connectivity index (χ3v) is 5.47. The second kappa shape index (κ2) is 13.6. The number of aromatic nitrogens is 2. The van der Waals surface area contributed by atoms with Crippen LogP contribution in [0, 0.1) is 0 Å². The number of imidazole rings is 1. The van der Waals surface area contributed by atoms with E-state index in [1.165, 1.54) is 6.20 Å². The minimum atomic E-state index is -5.72. The fourth-order valence-corrected chi connectivity index (χ4v) is 2.93. The number of aliphatic hydroxyl groups is 1. The largest absolute Gasteiger partial charge is 1.00 e. The van der Waals surface area contributed by atoms with Gasteiger partial charge in [0.25, 0.3) is 0 Å². The standard InChI is InChI=1S/C5H10N2O7P2.2Na.4H2O/c8-5(15(9,10)11,16(12,13)14)3-7-2-1-6-4-7;;;;;;/h1-2,4,8H,3H2,(H2,9,10,11)(H2,12,13,14);;;4*1H2/q;2*+1;;;;/p-2. The van der Waals surface area contributed by atoms with Crippen LogP contribution < -0.4 is 68.9 Å². The van der Waals surface area contributed by atoms with Crippen molar-refractivity contribution < 1.29 is 115 Å². The van der Waals surface area contributed by atoms with E-state index in [-0.39, 0.29) is 81.0 Å². The quantitative estimate of drug-likeness (QED) is 0.328. The van der Waals surface area contributed by atoms with Crippen LogP contribution in [-0.4, -0.2) is 51.4 Å². The molecule has 1 rings (SSSR count). The van der Waals surface area contributed by atoms with Crippen molar-refractivity contribution in [1.82, 2.24) is 9.55 Å². The molecule has 22 heavy (non-hydrogen) atoms. The summed E-state index contributed by atoms with van der Waals surface area (Å²) in [5.41, 5.74) is 0. The zero-order valence-electron chi connectivity index (χ0n) is 11.7. The Morgan fingerprint density at radius 2 is 1.41 bits per heavy atom. The molecule has 0 saturated heterocycles. The van der Waals surface area contributed by atoms with Gasteiger partial charge < -0.3 is 60.3 Å². The molecule has 2 unspecified atom stereocenters. The number of hydrogen-bond acceptors (Lipinski definition) is 6. The SMILES string of the molecule is O.O.O.O.O=P([O-])(O)C(O)(Cn1ccnc1)P(=O)([O-])O.[Na+].[Na+]. The summed E-state index contributed by atoms with van der Waals surface area (Å²) < 4.78 is 22.5. The number of rotatable bonds is 4. The normalized spacial score (nSPS) is 16.8. The molecule has 1 aromatic heterocycles.